The Hall–Kier alpha value is -1.04. The minimum absolute atomic E-state index is 0.225. The van der Waals surface area contributed by atoms with Crippen molar-refractivity contribution in [2.45, 2.75) is 37.1 Å². The third kappa shape index (κ3) is 4.39. The molecule has 2 fully saturated rings. The van der Waals surface area contributed by atoms with Gasteiger partial charge in [0.2, 0.25) is 5.91 Å². The molecule has 1 saturated heterocycles. The number of amides is 1. The number of thioether (sulfide) groups is 1. The number of methoxy groups -OCH3 is 1. The van der Waals surface area contributed by atoms with Crippen molar-refractivity contribution < 1.29 is 9.53 Å². The number of hydrogen-bond acceptors (Lipinski definition) is 4. The normalized spacial score (nSPS) is 20.8. The van der Waals surface area contributed by atoms with Crippen molar-refractivity contribution in [3.8, 4) is 0 Å². The van der Waals surface area contributed by atoms with E-state index in [0.29, 0.717) is 12.5 Å². The molecular formula is C20H30N2O2S. The van der Waals surface area contributed by atoms with E-state index in [9.17, 15) is 4.79 Å². The van der Waals surface area contributed by atoms with Gasteiger partial charge in [-0.1, -0.05) is 18.6 Å². The monoisotopic (exact) mass is 362 g/mol. The van der Waals surface area contributed by atoms with E-state index < -0.39 is 0 Å². The van der Waals surface area contributed by atoms with Gasteiger partial charge < -0.3 is 9.64 Å². The molecule has 1 aliphatic heterocycles. The van der Waals surface area contributed by atoms with Crippen molar-refractivity contribution in [1.29, 1.82) is 0 Å². The summed E-state index contributed by atoms with van der Waals surface area (Å²) in [6, 6.07) is 8.83. The summed E-state index contributed by atoms with van der Waals surface area (Å²) >= 11 is 1.78. The Kier molecular flexibility index (Phi) is 6.42. The zero-order chi connectivity index (χ0) is 17.7. The summed E-state index contributed by atoms with van der Waals surface area (Å²) in [6.07, 6.45) is 6.29. The average molecular weight is 363 g/mol. The molecule has 1 heterocycles. The molecule has 0 N–H and O–H groups in total. The first-order valence-electron chi connectivity index (χ1n) is 9.30. The van der Waals surface area contributed by atoms with Crippen molar-refractivity contribution in [2.24, 2.45) is 5.41 Å². The van der Waals surface area contributed by atoms with Crippen LogP contribution < -0.4 is 0 Å². The quantitative estimate of drug-likeness (QED) is 0.727. The number of nitrogens with zero attached hydrogens (tertiary/aromatic N) is 2. The fourth-order valence-corrected chi connectivity index (χ4v) is 4.36. The second-order valence-corrected chi connectivity index (χ2v) is 8.22. The van der Waals surface area contributed by atoms with E-state index >= 15 is 0 Å². The zero-order valence-electron chi connectivity index (χ0n) is 15.5. The van der Waals surface area contributed by atoms with E-state index in [4.69, 9.17) is 4.74 Å². The topological polar surface area (TPSA) is 32.8 Å². The second kappa shape index (κ2) is 8.56. The molecule has 0 unspecified atom stereocenters. The van der Waals surface area contributed by atoms with Crippen LogP contribution in [0.15, 0.2) is 29.2 Å². The number of hydrogen-bond donors (Lipinski definition) is 0. The number of ether oxygens (including phenoxy) is 1. The summed E-state index contributed by atoms with van der Waals surface area (Å²) in [5, 5.41) is 0. The van der Waals surface area contributed by atoms with Gasteiger partial charge in [0.05, 0.1) is 12.0 Å². The first kappa shape index (κ1) is 18.7. The molecule has 0 aromatic heterocycles. The van der Waals surface area contributed by atoms with Crippen LogP contribution in [0.1, 0.15) is 31.2 Å². The molecule has 4 nitrogen and oxygen atoms in total. The summed E-state index contributed by atoms with van der Waals surface area (Å²) in [5.41, 5.74) is 1.13. The molecule has 1 saturated carbocycles. The Morgan fingerprint density at radius 3 is 2.48 bits per heavy atom. The smallest absolute Gasteiger partial charge is 0.231 e. The van der Waals surface area contributed by atoms with Gasteiger partial charge >= 0.3 is 0 Å². The lowest BCUT2D eigenvalue weighted by molar-refractivity contribution is -0.152. The lowest BCUT2D eigenvalue weighted by Crippen LogP contribution is -2.51. The molecule has 138 valence electrons. The number of rotatable bonds is 6. The molecule has 2 aliphatic rings. The van der Waals surface area contributed by atoms with Gasteiger partial charge in [-0.15, -0.1) is 11.8 Å². The van der Waals surface area contributed by atoms with E-state index in [1.807, 2.05) is 0 Å². The lowest BCUT2D eigenvalue weighted by atomic mass is 9.68. The van der Waals surface area contributed by atoms with E-state index in [1.54, 1.807) is 18.9 Å². The van der Waals surface area contributed by atoms with Gasteiger partial charge in [-0.3, -0.25) is 9.69 Å². The first-order valence-corrected chi connectivity index (χ1v) is 10.5. The highest BCUT2D eigenvalue weighted by atomic mass is 32.2. The standard InChI is InChI=1S/C20H30N2O2S/c1-24-16-20(9-3-10-20)19(23)22-12-4-11-21(13-14-22)15-17-5-7-18(25-2)8-6-17/h5-8H,3-4,9-16H2,1-2H3. The van der Waals surface area contributed by atoms with Crippen LogP contribution >= 0.6 is 11.8 Å². The predicted molar refractivity (Wildman–Crippen MR) is 103 cm³/mol. The fraction of sp³-hybridized carbons (Fsp3) is 0.650. The minimum atomic E-state index is -0.225. The van der Waals surface area contributed by atoms with E-state index in [1.165, 1.54) is 10.5 Å². The van der Waals surface area contributed by atoms with E-state index in [-0.39, 0.29) is 5.41 Å². The van der Waals surface area contributed by atoms with E-state index in [0.717, 1.165) is 58.4 Å². The molecule has 3 rings (SSSR count). The maximum atomic E-state index is 13.0. The Morgan fingerprint density at radius 2 is 1.88 bits per heavy atom. The van der Waals surface area contributed by atoms with Crippen LogP contribution in [0.25, 0.3) is 0 Å². The van der Waals surface area contributed by atoms with Gasteiger partial charge in [-0.05, 0) is 43.2 Å². The van der Waals surface area contributed by atoms with E-state index in [2.05, 4.69) is 40.3 Å². The molecule has 0 bridgehead atoms. The highest BCUT2D eigenvalue weighted by Gasteiger charge is 2.46. The van der Waals surface area contributed by atoms with Crippen LogP contribution in [0.2, 0.25) is 0 Å². The molecular weight excluding hydrogens is 332 g/mol. The van der Waals surface area contributed by atoms with Crippen LogP contribution in [0.3, 0.4) is 0 Å². The third-order valence-electron chi connectivity index (χ3n) is 5.63. The van der Waals surface area contributed by atoms with Crippen molar-refractivity contribution in [3.05, 3.63) is 29.8 Å². The number of benzene rings is 1. The third-order valence-corrected chi connectivity index (χ3v) is 6.37. The van der Waals surface area contributed by atoms with Crippen LogP contribution in [-0.4, -0.2) is 61.9 Å². The van der Waals surface area contributed by atoms with Gasteiger partial charge in [0.1, 0.15) is 0 Å². The summed E-state index contributed by atoms with van der Waals surface area (Å²) in [6.45, 7) is 5.29. The van der Waals surface area contributed by atoms with Crippen LogP contribution in [0, 0.1) is 5.41 Å². The lowest BCUT2D eigenvalue weighted by Gasteiger charge is -2.42. The summed E-state index contributed by atoms with van der Waals surface area (Å²) in [5.74, 6) is 0.326. The van der Waals surface area contributed by atoms with Crippen LogP contribution in [-0.2, 0) is 16.1 Å². The predicted octanol–water partition coefficient (Wildman–Crippen LogP) is 3.26. The minimum Gasteiger partial charge on any atom is -0.384 e. The SMILES string of the molecule is COCC1(C(=O)N2CCCN(Cc3ccc(SC)cc3)CC2)CCC1. The zero-order valence-corrected chi connectivity index (χ0v) is 16.3. The molecule has 1 amide bonds. The van der Waals surface area contributed by atoms with Crippen molar-refractivity contribution in [3.63, 3.8) is 0 Å². The van der Waals surface area contributed by atoms with Crippen molar-refractivity contribution in [1.82, 2.24) is 9.80 Å². The van der Waals surface area contributed by atoms with Gasteiger partial charge in [0.25, 0.3) is 0 Å². The molecule has 1 aromatic carbocycles. The maximum Gasteiger partial charge on any atom is 0.231 e. The molecule has 5 heteroatoms. The molecule has 25 heavy (non-hydrogen) atoms. The molecule has 0 spiro atoms. The van der Waals surface area contributed by atoms with Gasteiger partial charge in [-0.25, -0.2) is 0 Å². The average Bonchev–Trinajstić information content (AvgIpc) is 2.84. The van der Waals surface area contributed by atoms with Gasteiger partial charge in [-0.2, -0.15) is 0 Å². The summed E-state index contributed by atoms with van der Waals surface area (Å²) < 4.78 is 5.35. The Labute approximate surface area is 155 Å². The number of carbonyl (C=O) groups is 1. The number of carbonyl (C=O) groups excluding carboxylic acids is 1. The van der Waals surface area contributed by atoms with Crippen molar-refractivity contribution in [2.75, 3.05) is 46.2 Å². The Balaban J connectivity index is 1.55. The highest BCUT2D eigenvalue weighted by molar-refractivity contribution is 7.98. The summed E-state index contributed by atoms with van der Waals surface area (Å²) in [7, 11) is 1.71. The molecule has 0 radical (unpaired) electrons. The van der Waals surface area contributed by atoms with Crippen LogP contribution in [0.4, 0.5) is 0 Å². The molecule has 0 atom stereocenters. The summed E-state index contributed by atoms with van der Waals surface area (Å²) in [4.78, 5) is 18.9. The molecule has 1 aliphatic carbocycles. The fourth-order valence-electron chi connectivity index (χ4n) is 3.96. The largest absolute Gasteiger partial charge is 0.384 e. The molecule has 1 aromatic rings. The highest BCUT2D eigenvalue weighted by Crippen LogP contribution is 2.42. The van der Waals surface area contributed by atoms with Gasteiger partial charge in [0, 0.05) is 44.7 Å². The first-order chi connectivity index (χ1) is 12.2. The Morgan fingerprint density at radius 1 is 1.12 bits per heavy atom. The maximum absolute atomic E-state index is 13.0. The Bertz CT molecular complexity index is 572. The second-order valence-electron chi connectivity index (χ2n) is 7.34. The van der Waals surface area contributed by atoms with Crippen LogP contribution in [0.5, 0.6) is 0 Å². The van der Waals surface area contributed by atoms with Crippen molar-refractivity contribution >= 4 is 17.7 Å². The van der Waals surface area contributed by atoms with Gasteiger partial charge in [0.15, 0.2) is 0 Å².